The second kappa shape index (κ2) is 10.3. The zero-order chi connectivity index (χ0) is 22.5. The van der Waals surface area contributed by atoms with E-state index in [1.165, 1.54) is 6.20 Å². The van der Waals surface area contributed by atoms with Crippen molar-refractivity contribution in [2.75, 3.05) is 32.9 Å². The molecule has 1 aromatic carbocycles. The minimum absolute atomic E-state index is 0.0264. The maximum absolute atomic E-state index is 12.9. The van der Waals surface area contributed by atoms with Crippen molar-refractivity contribution in [3.8, 4) is 5.69 Å². The summed E-state index contributed by atoms with van der Waals surface area (Å²) in [4.78, 5) is 26.8. The number of likely N-dealkylation sites (tertiary alicyclic amines) is 1. The Bertz CT molecular complexity index is 926. The van der Waals surface area contributed by atoms with E-state index in [1.807, 2.05) is 36.1 Å². The molecule has 2 aliphatic heterocycles. The lowest BCUT2D eigenvalue weighted by molar-refractivity contribution is -0.0395. The molecule has 1 aromatic heterocycles. The van der Waals surface area contributed by atoms with Crippen LogP contribution in [0.15, 0.2) is 30.5 Å². The molecule has 3 heterocycles. The van der Waals surface area contributed by atoms with Gasteiger partial charge in [-0.3, -0.25) is 4.79 Å². The summed E-state index contributed by atoms with van der Waals surface area (Å²) < 4.78 is 18.4. The zero-order valence-electron chi connectivity index (χ0n) is 18.8. The van der Waals surface area contributed by atoms with E-state index in [-0.39, 0.29) is 24.1 Å². The van der Waals surface area contributed by atoms with Crippen LogP contribution in [-0.4, -0.2) is 71.7 Å². The first-order valence-corrected chi connectivity index (χ1v) is 11.4. The molecule has 0 bridgehead atoms. The molecule has 8 nitrogen and oxygen atoms in total. The Labute approximate surface area is 188 Å². The van der Waals surface area contributed by atoms with Crippen LogP contribution in [0.3, 0.4) is 0 Å². The van der Waals surface area contributed by atoms with E-state index in [0.717, 1.165) is 38.0 Å². The second-order valence-electron chi connectivity index (χ2n) is 8.28. The van der Waals surface area contributed by atoms with E-state index in [9.17, 15) is 9.59 Å². The average Bonchev–Trinajstić information content (AvgIpc) is 3.47. The molecule has 4 rings (SSSR count). The largest absolute Gasteiger partial charge is 0.462 e. The highest BCUT2D eigenvalue weighted by molar-refractivity contribution is 5.94. The van der Waals surface area contributed by atoms with Crippen LogP contribution in [0.5, 0.6) is 0 Å². The van der Waals surface area contributed by atoms with E-state index < -0.39 is 0 Å². The standard InChI is InChI=1S/C24H31N3O5/c1-3-30-24(29)22-15-25-27(17(22)2)19-8-6-18(7-9-19)23(28)26-12-10-20(11-13-26)32-16-21-5-4-14-31-21/h6-9,15,20-21H,3-5,10-14,16H2,1-2H3/t21-/m0/s1. The molecule has 2 fully saturated rings. The number of aromatic nitrogens is 2. The zero-order valence-corrected chi connectivity index (χ0v) is 18.8. The summed E-state index contributed by atoms with van der Waals surface area (Å²) in [5.74, 6) is -0.357. The van der Waals surface area contributed by atoms with Gasteiger partial charge in [-0.15, -0.1) is 0 Å². The fourth-order valence-corrected chi connectivity index (χ4v) is 4.25. The van der Waals surface area contributed by atoms with Gasteiger partial charge in [-0.2, -0.15) is 5.10 Å². The molecule has 32 heavy (non-hydrogen) atoms. The molecule has 8 heteroatoms. The number of piperidine rings is 1. The maximum Gasteiger partial charge on any atom is 0.341 e. The summed E-state index contributed by atoms with van der Waals surface area (Å²) in [6, 6.07) is 7.31. The molecule has 2 aliphatic rings. The third-order valence-corrected chi connectivity index (χ3v) is 6.13. The molecular formula is C24H31N3O5. The van der Waals surface area contributed by atoms with E-state index >= 15 is 0 Å². The van der Waals surface area contributed by atoms with Crippen LogP contribution >= 0.6 is 0 Å². The number of esters is 1. The number of amides is 1. The summed E-state index contributed by atoms with van der Waals surface area (Å²) in [6.45, 7) is 6.79. The lowest BCUT2D eigenvalue weighted by Gasteiger charge is -2.32. The summed E-state index contributed by atoms with van der Waals surface area (Å²) in [5.41, 5.74) is 2.57. The van der Waals surface area contributed by atoms with Crippen LogP contribution in [-0.2, 0) is 14.2 Å². The van der Waals surface area contributed by atoms with Gasteiger partial charge in [0.15, 0.2) is 0 Å². The van der Waals surface area contributed by atoms with Gasteiger partial charge in [-0.25, -0.2) is 9.48 Å². The Morgan fingerprint density at radius 1 is 1.16 bits per heavy atom. The van der Waals surface area contributed by atoms with Gasteiger partial charge in [0.05, 0.1) is 43.0 Å². The number of hydrogen-bond acceptors (Lipinski definition) is 6. The van der Waals surface area contributed by atoms with Crippen molar-refractivity contribution in [2.24, 2.45) is 0 Å². The Morgan fingerprint density at radius 3 is 2.56 bits per heavy atom. The smallest absolute Gasteiger partial charge is 0.341 e. The van der Waals surface area contributed by atoms with Crippen LogP contribution in [0.2, 0.25) is 0 Å². The average molecular weight is 442 g/mol. The van der Waals surface area contributed by atoms with Gasteiger partial charge in [-0.05, 0) is 63.8 Å². The number of benzene rings is 1. The molecule has 0 unspecified atom stereocenters. The van der Waals surface area contributed by atoms with Gasteiger partial charge in [0.1, 0.15) is 5.56 Å². The molecule has 2 saturated heterocycles. The SMILES string of the molecule is CCOC(=O)c1cnn(-c2ccc(C(=O)N3CCC(OC[C@@H]4CCCO4)CC3)cc2)c1C. The summed E-state index contributed by atoms with van der Waals surface area (Å²) >= 11 is 0. The van der Waals surface area contributed by atoms with Crippen molar-refractivity contribution < 1.29 is 23.8 Å². The van der Waals surface area contributed by atoms with E-state index in [2.05, 4.69) is 5.10 Å². The molecule has 0 aliphatic carbocycles. The van der Waals surface area contributed by atoms with Crippen LogP contribution in [0.25, 0.3) is 5.69 Å². The molecule has 1 atom stereocenters. The molecule has 0 radical (unpaired) electrons. The highest BCUT2D eigenvalue weighted by Crippen LogP contribution is 2.20. The Morgan fingerprint density at radius 2 is 1.91 bits per heavy atom. The van der Waals surface area contributed by atoms with E-state index in [1.54, 1.807) is 11.6 Å². The van der Waals surface area contributed by atoms with Crippen molar-refractivity contribution in [1.29, 1.82) is 0 Å². The number of nitrogens with zero attached hydrogens (tertiary/aromatic N) is 3. The maximum atomic E-state index is 12.9. The highest BCUT2D eigenvalue weighted by atomic mass is 16.5. The molecule has 1 amide bonds. The van der Waals surface area contributed by atoms with Crippen molar-refractivity contribution in [3.63, 3.8) is 0 Å². The second-order valence-corrected chi connectivity index (χ2v) is 8.28. The number of carbonyl (C=O) groups is 2. The van der Waals surface area contributed by atoms with E-state index in [0.29, 0.717) is 43.1 Å². The number of rotatable bonds is 7. The van der Waals surface area contributed by atoms with Gasteiger partial charge in [0.2, 0.25) is 0 Å². The first kappa shape index (κ1) is 22.5. The van der Waals surface area contributed by atoms with Crippen LogP contribution in [0, 0.1) is 6.92 Å². The van der Waals surface area contributed by atoms with Crippen molar-refractivity contribution in [1.82, 2.24) is 14.7 Å². The number of carbonyl (C=O) groups excluding carboxylic acids is 2. The number of hydrogen-bond donors (Lipinski definition) is 0. The minimum atomic E-state index is -0.383. The molecule has 0 N–H and O–H groups in total. The topological polar surface area (TPSA) is 82.9 Å². The summed E-state index contributed by atoms with van der Waals surface area (Å²) in [6.07, 6.45) is 5.83. The lowest BCUT2D eigenvalue weighted by Crippen LogP contribution is -2.41. The first-order chi connectivity index (χ1) is 15.6. The quantitative estimate of drug-likeness (QED) is 0.614. The Hall–Kier alpha value is -2.71. The molecule has 2 aromatic rings. The fourth-order valence-electron chi connectivity index (χ4n) is 4.25. The van der Waals surface area contributed by atoms with Crippen LogP contribution in [0.4, 0.5) is 0 Å². The van der Waals surface area contributed by atoms with Crippen molar-refractivity contribution in [2.45, 2.75) is 51.7 Å². The van der Waals surface area contributed by atoms with Gasteiger partial charge in [-0.1, -0.05) is 0 Å². The molecular weight excluding hydrogens is 410 g/mol. The van der Waals surface area contributed by atoms with E-state index in [4.69, 9.17) is 14.2 Å². The number of ether oxygens (including phenoxy) is 3. The third kappa shape index (κ3) is 5.02. The van der Waals surface area contributed by atoms with Gasteiger partial charge >= 0.3 is 5.97 Å². The van der Waals surface area contributed by atoms with Crippen molar-refractivity contribution in [3.05, 3.63) is 47.3 Å². The minimum Gasteiger partial charge on any atom is -0.462 e. The monoisotopic (exact) mass is 441 g/mol. The van der Waals surface area contributed by atoms with Crippen LogP contribution < -0.4 is 0 Å². The first-order valence-electron chi connectivity index (χ1n) is 11.4. The summed E-state index contributed by atoms with van der Waals surface area (Å²) in [7, 11) is 0. The summed E-state index contributed by atoms with van der Waals surface area (Å²) in [5, 5.41) is 4.31. The molecule has 172 valence electrons. The third-order valence-electron chi connectivity index (χ3n) is 6.13. The van der Waals surface area contributed by atoms with Gasteiger partial charge in [0.25, 0.3) is 5.91 Å². The predicted molar refractivity (Wildman–Crippen MR) is 118 cm³/mol. The fraction of sp³-hybridized carbons (Fsp3) is 0.542. The van der Waals surface area contributed by atoms with Crippen LogP contribution in [0.1, 0.15) is 59.0 Å². The van der Waals surface area contributed by atoms with Gasteiger partial charge in [0, 0.05) is 25.3 Å². The highest BCUT2D eigenvalue weighted by Gasteiger charge is 2.26. The molecule has 0 spiro atoms. The normalized spacial score (nSPS) is 19.3. The Balaban J connectivity index is 1.32. The van der Waals surface area contributed by atoms with Gasteiger partial charge < -0.3 is 19.1 Å². The lowest BCUT2D eigenvalue weighted by atomic mass is 10.1. The molecule has 0 saturated carbocycles. The predicted octanol–water partition coefficient (Wildman–Crippen LogP) is 3.16. The van der Waals surface area contributed by atoms with Crippen molar-refractivity contribution >= 4 is 11.9 Å². The Kier molecular flexibility index (Phi) is 7.22.